The molecule has 0 aromatic heterocycles. The lowest BCUT2D eigenvalue weighted by Crippen LogP contribution is -2.53. The summed E-state index contributed by atoms with van der Waals surface area (Å²) in [7, 11) is 0. The van der Waals surface area contributed by atoms with Crippen molar-refractivity contribution >= 4 is 11.8 Å². The average Bonchev–Trinajstić information content (AvgIpc) is 2.80. The highest BCUT2D eigenvalue weighted by atomic mass is 16.2. The molecule has 2 amide bonds. The molecule has 1 aromatic carbocycles. The molecule has 2 fully saturated rings. The first kappa shape index (κ1) is 12.2. The monoisotopic (exact) mass is 258 g/mol. The van der Waals surface area contributed by atoms with E-state index in [4.69, 9.17) is 0 Å². The van der Waals surface area contributed by atoms with Gasteiger partial charge in [-0.05, 0) is 25.5 Å². The number of hydrogen-bond donors (Lipinski definition) is 0. The Kier molecular flexibility index (Phi) is 3.01. The third-order valence-electron chi connectivity index (χ3n) is 4.08. The molecule has 2 aliphatic heterocycles. The Labute approximate surface area is 113 Å². The number of rotatable bonds is 1. The molecular formula is C15H18N2O2. The summed E-state index contributed by atoms with van der Waals surface area (Å²) in [6.07, 6.45) is 1.52. The van der Waals surface area contributed by atoms with Crippen molar-refractivity contribution in [3.63, 3.8) is 0 Å². The predicted molar refractivity (Wildman–Crippen MR) is 71.8 cm³/mol. The van der Waals surface area contributed by atoms with Crippen LogP contribution in [0.1, 0.15) is 28.8 Å². The van der Waals surface area contributed by atoms with Gasteiger partial charge in [0, 0.05) is 37.7 Å². The number of carbonyl (C=O) groups is 2. The van der Waals surface area contributed by atoms with Gasteiger partial charge in [-0.3, -0.25) is 9.59 Å². The molecule has 1 atom stereocenters. The molecule has 0 spiro atoms. The molecule has 100 valence electrons. The smallest absolute Gasteiger partial charge is 0.253 e. The van der Waals surface area contributed by atoms with E-state index in [2.05, 4.69) is 0 Å². The number of amides is 2. The van der Waals surface area contributed by atoms with Gasteiger partial charge in [0.1, 0.15) is 0 Å². The summed E-state index contributed by atoms with van der Waals surface area (Å²) in [5.41, 5.74) is 1.89. The highest BCUT2D eigenvalue weighted by molar-refractivity contribution is 5.94. The van der Waals surface area contributed by atoms with E-state index < -0.39 is 0 Å². The summed E-state index contributed by atoms with van der Waals surface area (Å²) in [6, 6.07) is 7.91. The largest absolute Gasteiger partial charge is 0.336 e. The van der Waals surface area contributed by atoms with Gasteiger partial charge >= 0.3 is 0 Å². The van der Waals surface area contributed by atoms with Crippen molar-refractivity contribution in [3.8, 4) is 0 Å². The van der Waals surface area contributed by atoms with Gasteiger partial charge in [-0.1, -0.05) is 17.7 Å². The first-order valence-electron chi connectivity index (χ1n) is 6.80. The molecule has 0 unspecified atom stereocenters. The van der Waals surface area contributed by atoms with Crippen LogP contribution in [-0.2, 0) is 4.79 Å². The van der Waals surface area contributed by atoms with Crippen LogP contribution in [-0.4, -0.2) is 47.3 Å². The van der Waals surface area contributed by atoms with Gasteiger partial charge in [0.25, 0.3) is 5.91 Å². The van der Waals surface area contributed by atoms with Crippen LogP contribution in [0.5, 0.6) is 0 Å². The summed E-state index contributed by atoms with van der Waals surface area (Å²) in [6.45, 7) is 4.02. The highest BCUT2D eigenvalue weighted by Crippen LogP contribution is 2.23. The van der Waals surface area contributed by atoms with Gasteiger partial charge < -0.3 is 9.80 Å². The highest BCUT2D eigenvalue weighted by Gasteiger charge is 2.36. The maximum Gasteiger partial charge on any atom is 0.253 e. The third-order valence-corrected chi connectivity index (χ3v) is 4.08. The van der Waals surface area contributed by atoms with Crippen LogP contribution in [0.3, 0.4) is 0 Å². The Morgan fingerprint density at radius 3 is 2.68 bits per heavy atom. The predicted octanol–water partition coefficient (Wildman–Crippen LogP) is 1.44. The van der Waals surface area contributed by atoms with E-state index in [-0.39, 0.29) is 17.9 Å². The fourth-order valence-corrected chi connectivity index (χ4v) is 2.93. The molecule has 0 aliphatic carbocycles. The number of fused-ring (bicyclic) bond motifs is 1. The minimum atomic E-state index is 0.0824. The van der Waals surface area contributed by atoms with E-state index in [0.29, 0.717) is 26.1 Å². The average molecular weight is 258 g/mol. The second-order valence-electron chi connectivity index (χ2n) is 5.40. The van der Waals surface area contributed by atoms with Crippen LogP contribution < -0.4 is 0 Å². The molecule has 0 saturated carbocycles. The Balaban J connectivity index is 1.72. The van der Waals surface area contributed by atoms with Crippen LogP contribution in [0, 0.1) is 6.92 Å². The molecule has 0 bridgehead atoms. The van der Waals surface area contributed by atoms with Crippen LogP contribution in [0.4, 0.5) is 0 Å². The van der Waals surface area contributed by atoms with Crippen molar-refractivity contribution in [2.75, 3.05) is 19.6 Å². The van der Waals surface area contributed by atoms with Crippen LogP contribution in [0.15, 0.2) is 24.3 Å². The number of carbonyl (C=O) groups excluding carboxylic acids is 2. The molecule has 2 heterocycles. The molecule has 2 aliphatic rings. The van der Waals surface area contributed by atoms with E-state index in [9.17, 15) is 9.59 Å². The lowest BCUT2D eigenvalue weighted by molar-refractivity contribution is -0.130. The van der Waals surface area contributed by atoms with E-state index >= 15 is 0 Å². The number of hydrogen-bond acceptors (Lipinski definition) is 2. The summed E-state index contributed by atoms with van der Waals surface area (Å²) < 4.78 is 0. The maximum absolute atomic E-state index is 12.4. The molecule has 4 nitrogen and oxygen atoms in total. The Hall–Kier alpha value is -1.84. The van der Waals surface area contributed by atoms with Gasteiger partial charge in [0.05, 0.1) is 0 Å². The minimum Gasteiger partial charge on any atom is -0.336 e. The molecular weight excluding hydrogens is 240 g/mol. The molecule has 19 heavy (non-hydrogen) atoms. The number of aryl methyl sites for hydroxylation is 1. The van der Waals surface area contributed by atoms with Crippen molar-refractivity contribution in [2.24, 2.45) is 0 Å². The third kappa shape index (κ3) is 2.23. The molecule has 1 aromatic rings. The maximum atomic E-state index is 12.4. The van der Waals surface area contributed by atoms with Crippen molar-refractivity contribution < 1.29 is 9.59 Å². The first-order valence-corrected chi connectivity index (χ1v) is 6.80. The number of nitrogens with zero attached hydrogens (tertiary/aromatic N) is 2. The normalized spacial score (nSPS) is 22.6. The van der Waals surface area contributed by atoms with E-state index in [0.717, 1.165) is 17.5 Å². The van der Waals surface area contributed by atoms with Crippen LogP contribution in [0.25, 0.3) is 0 Å². The molecule has 0 radical (unpaired) electrons. The minimum absolute atomic E-state index is 0.0824. The molecule has 0 N–H and O–H groups in total. The summed E-state index contributed by atoms with van der Waals surface area (Å²) in [5, 5.41) is 0. The molecule has 4 heteroatoms. The van der Waals surface area contributed by atoms with E-state index in [1.54, 1.807) is 0 Å². The van der Waals surface area contributed by atoms with Gasteiger partial charge in [0.15, 0.2) is 0 Å². The van der Waals surface area contributed by atoms with Crippen LogP contribution in [0.2, 0.25) is 0 Å². The Morgan fingerprint density at radius 2 is 1.95 bits per heavy atom. The second kappa shape index (κ2) is 4.68. The fourth-order valence-electron chi connectivity index (χ4n) is 2.93. The quantitative estimate of drug-likeness (QED) is 0.765. The first-order chi connectivity index (χ1) is 9.15. The van der Waals surface area contributed by atoms with Gasteiger partial charge in [0.2, 0.25) is 5.91 Å². The zero-order valence-corrected chi connectivity index (χ0v) is 11.1. The van der Waals surface area contributed by atoms with Crippen molar-refractivity contribution in [1.82, 2.24) is 9.80 Å². The summed E-state index contributed by atoms with van der Waals surface area (Å²) in [5.74, 6) is 0.325. The zero-order valence-electron chi connectivity index (χ0n) is 11.1. The van der Waals surface area contributed by atoms with Crippen LogP contribution >= 0.6 is 0 Å². The molecule has 3 rings (SSSR count). The standard InChI is InChI=1S/C15H18N2O2/c1-11-2-4-12(5-3-11)15(19)16-8-9-17-13(10-16)6-7-14(17)18/h2-5,13H,6-10H2,1H3/t13-/m0/s1. The SMILES string of the molecule is Cc1ccc(C(=O)N2CCN3C(=O)CC[C@H]3C2)cc1. The lowest BCUT2D eigenvalue weighted by atomic mass is 10.1. The summed E-state index contributed by atoms with van der Waals surface area (Å²) >= 11 is 0. The Bertz CT molecular complexity index is 509. The topological polar surface area (TPSA) is 40.6 Å². The molecule has 2 saturated heterocycles. The van der Waals surface area contributed by atoms with Crippen molar-refractivity contribution in [2.45, 2.75) is 25.8 Å². The van der Waals surface area contributed by atoms with Gasteiger partial charge in [-0.2, -0.15) is 0 Å². The number of benzene rings is 1. The fraction of sp³-hybridized carbons (Fsp3) is 0.467. The van der Waals surface area contributed by atoms with Crippen molar-refractivity contribution in [3.05, 3.63) is 35.4 Å². The van der Waals surface area contributed by atoms with Crippen molar-refractivity contribution in [1.29, 1.82) is 0 Å². The number of piperazine rings is 1. The lowest BCUT2D eigenvalue weighted by Gasteiger charge is -2.37. The second-order valence-corrected chi connectivity index (χ2v) is 5.40. The summed E-state index contributed by atoms with van der Waals surface area (Å²) in [4.78, 5) is 27.8. The van der Waals surface area contributed by atoms with E-state index in [1.807, 2.05) is 41.0 Å². The Morgan fingerprint density at radius 1 is 1.21 bits per heavy atom. The van der Waals surface area contributed by atoms with Gasteiger partial charge in [-0.15, -0.1) is 0 Å². The zero-order chi connectivity index (χ0) is 13.4. The van der Waals surface area contributed by atoms with E-state index in [1.165, 1.54) is 0 Å². The van der Waals surface area contributed by atoms with Gasteiger partial charge in [-0.25, -0.2) is 0 Å².